The summed E-state index contributed by atoms with van der Waals surface area (Å²) in [6.45, 7) is 9.01. The van der Waals surface area contributed by atoms with Crippen LogP contribution in [0.3, 0.4) is 0 Å². The van der Waals surface area contributed by atoms with Gasteiger partial charge in [0.05, 0.1) is 13.2 Å². The average molecular weight is 279 g/mol. The van der Waals surface area contributed by atoms with Gasteiger partial charge in [-0.2, -0.15) is 0 Å². The van der Waals surface area contributed by atoms with E-state index in [1.807, 2.05) is 12.1 Å². The molecule has 1 aromatic carbocycles. The van der Waals surface area contributed by atoms with Crippen LogP contribution in [0.5, 0.6) is 5.75 Å². The number of rotatable bonds is 6. The van der Waals surface area contributed by atoms with Crippen LogP contribution in [0, 0.1) is 0 Å². The minimum atomic E-state index is -0.621. The largest absolute Gasteiger partial charge is 0.494 e. The molecule has 0 fully saturated rings. The number of carbonyl (C=O) groups excluding carboxylic acids is 1. The molecule has 0 bridgehead atoms. The topological polar surface area (TPSA) is 61.5 Å². The summed E-state index contributed by atoms with van der Waals surface area (Å²) in [5, 5.41) is 0. The predicted molar refractivity (Wildman–Crippen MR) is 79.9 cm³/mol. The summed E-state index contributed by atoms with van der Waals surface area (Å²) >= 11 is 0. The van der Waals surface area contributed by atoms with Crippen molar-refractivity contribution in [3.63, 3.8) is 0 Å². The number of hydrogen-bond acceptors (Lipinski definition) is 4. The van der Waals surface area contributed by atoms with E-state index in [-0.39, 0.29) is 11.4 Å². The standard InChI is InChI=1S/C16H25NO3/c1-5-19-15(18)14(17)10-11-20-13-8-6-12(7-9-13)16(2,3)4/h6-9,14H,5,10-11,17H2,1-4H3. The number of hydrogen-bond donors (Lipinski definition) is 1. The molecule has 0 aromatic heterocycles. The summed E-state index contributed by atoms with van der Waals surface area (Å²) in [5.41, 5.74) is 7.08. The molecule has 4 heteroatoms. The van der Waals surface area contributed by atoms with Crippen molar-refractivity contribution in [1.82, 2.24) is 0 Å². The van der Waals surface area contributed by atoms with Gasteiger partial charge in [0.15, 0.2) is 0 Å². The zero-order valence-corrected chi connectivity index (χ0v) is 12.8. The molecule has 0 amide bonds. The number of esters is 1. The molecule has 0 aliphatic rings. The Morgan fingerprint density at radius 3 is 2.35 bits per heavy atom. The Balaban J connectivity index is 2.41. The molecule has 0 spiro atoms. The third-order valence-electron chi connectivity index (χ3n) is 3.01. The molecule has 0 heterocycles. The maximum Gasteiger partial charge on any atom is 0.323 e. The van der Waals surface area contributed by atoms with E-state index in [1.165, 1.54) is 5.56 Å². The first kappa shape index (κ1) is 16.5. The molecule has 1 unspecified atom stereocenters. The fraction of sp³-hybridized carbons (Fsp3) is 0.562. The summed E-state index contributed by atoms with van der Waals surface area (Å²) in [6, 6.07) is 7.37. The molecule has 1 aromatic rings. The SMILES string of the molecule is CCOC(=O)C(N)CCOc1ccc(C(C)(C)C)cc1. The average Bonchev–Trinajstić information content (AvgIpc) is 2.38. The number of benzene rings is 1. The van der Waals surface area contributed by atoms with E-state index < -0.39 is 6.04 Å². The van der Waals surface area contributed by atoms with E-state index in [2.05, 4.69) is 32.9 Å². The van der Waals surface area contributed by atoms with Crippen LogP contribution in [0.2, 0.25) is 0 Å². The molecule has 0 aliphatic heterocycles. The zero-order chi connectivity index (χ0) is 15.2. The molecule has 2 N–H and O–H groups in total. The van der Waals surface area contributed by atoms with Crippen molar-refractivity contribution in [1.29, 1.82) is 0 Å². The fourth-order valence-corrected chi connectivity index (χ4v) is 1.72. The van der Waals surface area contributed by atoms with Gasteiger partial charge in [-0.05, 0) is 30.0 Å². The van der Waals surface area contributed by atoms with Gasteiger partial charge < -0.3 is 15.2 Å². The summed E-state index contributed by atoms with van der Waals surface area (Å²) in [7, 11) is 0. The Labute approximate surface area is 121 Å². The predicted octanol–water partition coefficient (Wildman–Crippen LogP) is 2.64. The highest BCUT2D eigenvalue weighted by Crippen LogP contribution is 2.24. The van der Waals surface area contributed by atoms with Crippen molar-refractivity contribution in [2.24, 2.45) is 5.73 Å². The van der Waals surface area contributed by atoms with Gasteiger partial charge in [0, 0.05) is 6.42 Å². The Morgan fingerprint density at radius 2 is 1.85 bits per heavy atom. The summed E-state index contributed by atoms with van der Waals surface area (Å²) in [4.78, 5) is 11.3. The first-order valence-electron chi connectivity index (χ1n) is 7.00. The summed E-state index contributed by atoms with van der Waals surface area (Å²) in [5.74, 6) is 0.410. The second-order valence-electron chi connectivity index (χ2n) is 5.77. The lowest BCUT2D eigenvalue weighted by atomic mass is 9.87. The maximum atomic E-state index is 11.3. The zero-order valence-electron chi connectivity index (χ0n) is 12.8. The van der Waals surface area contributed by atoms with Crippen LogP contribution in [-0.4, -0.2) is 25.2 Å². The van der Waals surface area contributed by atoms with Crippen LogP contribution in [0.25, 0.3) is 0 Å². The Kier molecular flexibility index (Phi) is 6.02. The van der Waals surface area contributed by atoms with Gasteiger partial charge in [0.25, 0.3) is 0 Å². The van der Waals surface area contributed by atoms with Crippen molar-refractivity contribution in [2.75, 3.05) is 13.2 Å². The first-order valence-corrected chi connectivity index (χ1v) is 7.00. The van der Waals surface area contributed by atoms with Gasteiger partial charge in [-0.3, -0.25) is 4.79 Å². The third-order valence-corrected chi connectivity index (χ3v) is 3.01. The van der Waals surface area contributed by atoms with Gasteiger partial charge >= 0.3 is 5.97 Å². The van der Waals surface area contributed by atoms with Crippen LogP contribution < -0.4 is 10.5 Å². The van der Waals surface area contributed by atoms with E-state index >= 15 is 0 Å². The van der Waals surface area contributed by atoms with Crippen LogP contribution in [-0.2, 0) is 14.9 Å². The van der Waals surface area contributed by atoms with Gasteiger partial charge in [0.1, 0.15) is 11.8 Å². The Morgan fingerprint density at radius 1 is 1.25 bits per heavy atom. The smallest absolute Gasteiger partial charge is 0.323 e. The molecule has 4 nitrogen and oxygen atoms in total. The number of ether oxygens (including phenoxy) is 2. The van der Waals surface area contributed by atoms with Crippen molar-refractivity contribution in [3.05, 3.63) is 29.8 Å². The van der Waals surface area contributed by atoms with Crippen molar-refractivity contribution in [3.8, 4) is 5.75 Å². The number of carbonyl (C=O) groups is 1. The van der Waals surface area contributed by atoms with E-state index in [1.54, 1.807) is 6.92 Å². The molecule has 20 heavy (non-hydrogen) atoms. The van der Waals surface area contributed by atoms with E-state index in [9.17, 15) is 4.79 Å². The van der Waals surface area contributed by atoms with Crippen LogP contribution in [0.4, 0.5) is 0 Å². The second kappa shape index (κ2) is 7.29. The first-order chi connectivity index (χ1) is 9.34. The van der Waals surface area contributed by atoms with Crippen LogP contribution in [0.1, 0.15) is 39.7 Å². The lowest BCUT2D eigenvalue weighted by molar-refractivity contribution is -0.145. The molecule has 0 radical (unpaired) electrons. The minimum absolute atomic E-state index is 0.130. The molecule has 0 saturated heterocycles. The lowest BCUT2D eigenvalue weighted by Gasteiger charge is -2.19. The summed E-state index contributed by atoms with van der Waals surface area (Å²) in [6.07, 6.45) is 0.444. The van der Waals surface area contributed by atoms with E-state index in [0.717, 1.165) is 5.75 Å². The second-order valence-corrected chi connectivity index (χ2v) is 5.77. The highest BCUT2D eigenvalue weighted by atomic mass is 16.5. The molecule has 1 rings (SSSR count). The minimum Gasteiger partial charge on any atom is -0.494 e. The molecule has 1 atom stereocenters. The number of nitrogens with two attached hydrogens (primary N) is 1. The molecular formula is C16H25NO3. The van der Waals surface area contributed by atoms with Gasteiger partial charge in [-0.15, -0.1) is 0 Å². The van der Waals surface area contributed by atoms with Gasteiger partial charge in [0.2, 0.25) is 0 Å². The van der Waals surface area contributed by atoms with Crippen LogP contribution in [0.15, 0.2) is 24.3 Å². The highest BCUT2D eigenvalue weighted by molar-refractivity contribution is 5.75. The lowest BCUT2D eigenvalue weighted by Crippen LogP contribution is -2.33. The molecular weight excluding hydrogens is 254 g/mol. The van der Waals surface area contributed by atoms with Crippen molar-refractivity contribution in [2.45, 2.75) is 45.6 Å². The highest BCUT2D eigenvalue weighted by Gasteiger charge is 2.15. The molecule has 0 aliphatic carbocycles. The molecule has 112 valence electrons. The van der Waals surface area contributed by atoms with Crippen LogP contribution >= 0.6 is 0 Å². The van der Waals surface area contributed by atoms with Gasteiger partial charge in [-0.25, -0.2) is 0 Å². The van der Waals surface area contributed by atoms with Crippen molar-refractivity contribution >= 4 is 5.97 Å². The van der Waals surface area contributed by atoms with E-state index in [4.69, 9.17) is 15.2 Å². The Hall–Kier alpha value is -1.55. The van der Waals surface area contributed by atoms with Crippen molar-refractivity contribution < 1.29 is 14.3 Å². The summed E-state index contributed by atoms with van der Waals surface area (Å²) < 4.78 is 10.4. The maximum absolute atomic E-state index is 11.3. The van der Waals surface area contributed by atoms with Gasteiger partial charge in [-0.1, -0.05) is 32.9 Å². The van der Waals surface area contributed by atoms with E-state index in [0.29, 0.717) is 19.6 Å². The Bertz CT molecular complexity index is 420. The quantitative estimate of drug-likeness (QED) is 0.813. The third kappa shape index (κ3) is 5.21. The fourth-order valence-electron chi connectivity index (χ4n) is 1.72. The normalized spacial score (nSPS) is 12.8. The monoisotopic (exact) mass is 279 g/mol. The molecule has 0 saturated carbocycles.